The van der Waals surface area contributed by atoms with E-state index in [1.54, 1.807) is 19.1 Å². The molecule has 1 aromatic rings. The summed E-state index contributed by atoms with van der Waals surface area (Å²) in [5.41, 5.74) is 0.869. The topological polar surface area (TPSA) is 60.8 Å². The Bertz CT molecular complexity index is 534. The number of phenols is 1. The van der Waals surface area contributed by atoms with Crippen molar-refractivity contribution < 1.29 is 15.0 Å². The first-order valence-electron chi connectivity index (χ1n) is 8.27. The number of amides is 1. The molecule has 4 heteroatoms. The van der Waals surface area contributed by atoms with Crippen molar-refractivity contribution in [3.63, 3.8) is 0 Å². The molecule has 2 aliphatic rings. The van der Waals surface area contributed by atoms with Gasteiger partial charge in [0.2, 0.25) is 5.91 Å². The van der Waals surface area contributed by atoms with E-state index in [1.165, 1.54) is 0 Å². The van der Waals surface area contributed by atoms with Crippen LogP contribution in [-0.2, 0) is 11.2 Å². The second-order valence-electron chi connectivity index (χ2n) is 7.00. The minimum atomic E-state index is -0.356. The van der Waals surface area contributed by atoms with Gasteiger partial charge in [0.05, 0.1) is 11.5 Å². The molecule has 2 atom stereocenters. The van der Waals surface area contributed by atoms with Crippen LogP contribution < -0.4 is 0 Å². The van der Waals surface area contributed by atoms with Crippen molar-refractivity contribution in [2.24, 2.45) is 5.41 Å². The van der Waals surface area contributed by atoms with E-state index in [1.807, 2.05) is 17.0 Å². The van der Waals surface area contributed by atoms with Crippen molar-refractivity contribution in [2.75, 3.05) is 6.54 Å². The van der Waals surface area contributed by atoms with Crippen LogP contribution in [0.2, 0.25) is 0 Å². The van der Waals surface area contributed by atoms with Gasteiger partial charge in [0.15, 0.2) is 0 Å². The first-order valence-corrected chi connectivity index (χ1v) is 8.27. The molecule has 1 aromatic carbocycles. The number of carbonyl (C=O) groups is 1. The Morgan fingerprint density at radius 3 is 2.64 bits per heavy atom. The lowest BCUT2D eigenvalue weighted by atomic mass is 9.94. The molecule has 3 rings (SSSR count). The summed E-state index contributed by atoms with van der Waals surface area (Å²) in [7, 11) is 0. The van der Waals surface area contributed by atoms with Gasteiger partial charge in [0.1, 0.15) is 5.75 Å². The van der Waals surface area contributed by atoms with E-state index in [9.17, 15) is 15.0 Å². The molecule has 0 spiro atoms. The molecule has 0 aromatic heterocycles. The summed E-state index contributed by atoms with van der Waals surface area (Å²) in [5, 5.41) is 19.0. The fraction of sp³-hybridized carbons (Fsp3) is 0.611. The Kier molecular flexibility index (Phi) is 4.13. The third-order valence-electron chi connectivity index (χ3n) is 5.04. The van der Waals surface area contributed by atoms with E-state index < -0.39 is 0 Å². The van der Waals surface area contributed by atoms with Crippen LogP contribution in [0.1, 0.15) is 44.6 Å². The zero-order valence-electron chi connectivity index (χ0n) is 13.2. The maximum Gasteiger partial charge on any atom is 0.229 e. The molecule has 1 saturated carbocycles. The Labute approximate surface area is 131 Å². The van der Waals surface area contributed by atoms with E-state index in [2.05, 4.69) is 0 Å². The first kappa shape index (κ1) is 15.3. The third kappa shape index (κ3) is 3.12. The SMILES string of the molecule is CC(O)CC1CCCN1C(=O)C1(Cc2ccc(O)cc2)CC1. The molecule has 1 heterocycles. The number of benzene rings is 1. The molecule has 1 saturated heterocycles. The molecule has 1 aliphatic carbocycles. The van der Waals surface area contributed by atoms with Gasteiger partial charge >= 0.3 is 0 Å². The van der Waals surface area contributed by atoms with Crippen LogP contribution in [0.4, 0.5) is 0 Å². The lowest BCUT2D eigenvalue weighted by Crippen LogP contribution is -2.42. The number of hydrogen-bond acceptors (Lipinski definition) is 3. The van der Waals surface area contributed by atoms with Crippen LogP contribution in [0.3, 0.4) is 0 Å². The van der Waals surface area contributed by atoms with Crippen LogP contribution in [0.25, 0.3) is 0 Å². The predicted octanol–water partition coefficient (Wildman–Crippen LogP) is 2.48. The van der Waals surface area contributed by atoms with Crippen molar-refractivity contribution in [3.05, 3.63) is 29.8 Å². The third-order valence-corrected chi connectivity index (χ3v) is 5.04. The van der Waals surface area contributed by atoms with Gasteiger partial charge in [0, 0.05) is 12.6 Å². The standard InChI is InChI=1S/C18H25NO3/c1-13(20)11-15-3-2-10-19(15)17(22)18(8-9-18)12-14-4-6-16(21)7-5-14/h4-7,13,15,20-21H,2-3,8-12H2,1H3. The molecule has 1 aliphatic heterocycles. The molecule has 22 heavy (non-hydrogen) atoms. The first-order chi connectivity index (χ1) is 10.5. The number of likely N-dealkylation sites (tertiary alicyclic amines) is 1. The molecule has 0 bridgehead atoms. The smallest absolute Gasteiger partial charge is 0.229 e. The van der Waals surface area contributed by atoms with Gasteiger partial charge in [-0.15, -0.1) is 0 Å². The van der Waals surface area contributed by atoms with Crippen LogP contribution >= 0.6 is 0 Å². The quantitative estimate of drug-likeness (QED) is 0.878. The number of phenolic OH excluding ortho intramolecular Hbond substituents is 1. The molecule has 4 nitrogen and oxygen atoms in total. The highest BCUT2D eigenvalue weighted by molar-refractivity contribution is 5.86. The van der Waals surface area contributed by atoms with Crippen LogP contribution in [-0.4, -0.2) is 39.7 Å². The fourth-order valence-corrected chi connectivity index (χ4v) is 3.67. The monoisotopic (exact) mass is 303 g/mol. The maximum atomic E-state index is 13.0. The van der Waals surface area contributed by atoms with Crippen molar-refractivity contribution >= 4 is 5.91 Å². The average molecular weight is 303 g/mol. The van der Waals surface area contributed by atoms with Crippen molar-refractivity contribution in [3.8, 4) is 5.75 Å². The van der Waals surface area contributed by atoms with Crippen LogP contribution in [0.5, 0.6) is 5.75 Å². The number of aromatic hydroxyl groups is 1. The second-order valence-corrected chi connectivity index (χ2v) is 7.00. The van der Waals surface area contributed by atoms with Crippen molar-refractivity contribution in [1.29, 1.82) is 0 Å². The molecular formula is C18H25NO3. The number of rotatable bonds is 5. The number of carbonyl (C=O) groups excluding carboxylic acids is 1. The minimum Gasteiger partial charge on any atom is -0.508 e. The highest BCUT2D eigenvalue weighted by Crippen LogP contribution is 2.51. The summed E-state index contributed by atoms with van der Waals surface area (Å²) in [5.74, 6) is 0.528. The Hall–Kier alpha value is -1.55. The summed E-state index contributed by atoms with van der Waals surface area (Å²) in [6.07, 6.45) is 5.02. The average Bonchev–Trinajstić information content (AvgIpc) is 3.12. The zero-order valence-corrected chi connectivity index (χ0v) is 13.2. The zero-order chi connectivity index (χ0) is 15.7. The van der Waals surface area contributed by atoms with E-state index >= 15 is 0 Å². The normalized spacial score (nSPS) is 24.3. The highest BCUT2D eigenvalue weighted by atomic mass is 16.3. The maximum absolute atomic E-state index is 13.0. The van der Waals surface area contributed by atoms with Gasteiger partial charge in [-0.1, -0.05) is 12.1 Å². The van der Waals surface area contributed by atoms with E-state index in [0.717, 1.165) is 44.2 Å². The number of nitrogens with zero attached hydrogens (tertiary/aromatic N) is 1. The van der Waals surface area contributed by atoms with E-state index in [4.69, 9.17) is 0 Å². The van der Waals surface area contributed by atoms with Gasteiger partial charge in [-0.25, -0.2) is 0 Å². The Balaban J connectivity index is 1.69. The minimum absolute atomic E-state index is 0.199. The number of aliphatic hydroxyl groups is 1. The van der Waals surface area contributed by atoms with Gasteiger partial charge in [-0.2, -0.15) is 0 Å². The van der Waals surface area contributed by atoms with E-state index in [-0.39, 0.29) is 29.2 Å². The largest absolute Gasteiger partial charge is 0.508 e. The molecular weight excluding hydrogens is 278 g/mol. The lowest BCUT2D eigenvalue weighted by molar-refractivity contribution is -0.138. The number of hydrogen-bond donors (Lipinski definition) is 2. The Morgan fingerprint density at radius 1 is 1.36 bits per heavy atom. The number of aliphatic hydroxyl groups excluding tert-OH is 1. The molecule has 2 fully saturated rings. The summed E-state index contributed by atoms with van der Waals surface area (Å²) >= 11 is 0. The molecule has 120 valence electrons. The highest BCUT2D eigenvalue weighted by Gasteiger charge is 2.52. The summed E-state index contributed by atoms with van der Waals surface area (Å²) in [6.45, 7) is 2.62. The summed E-state index contributed by atoms with van der Waals surface area (Å²) < 4.78 is 0. The van der Waals surface area contributed by atoms with E-state index in [0.29, 0.717) is 6.42 Å². The summed E-state index contributed by atoms with van der Waals surface area (Å²) in [4.78, 5) is 15.0. The predicted molar refractivity (Wildman–Crippen MR) is 84.5 cm³/mol. The summed E-state index contributed by atoms with van der Waals surface area (Å²) in [6, 6.07) is 7.37. The fourth-order valence-electron chi connectivity index (χ4n) is 3.67. The van der Waals surface area contributed by atoms with Crippen molar-refractivity contribution in [2.45, 2.75) is 57.6 Å². The second kappa shape index (κ2) is 5.92. The molecule has 0 radical (unpaired) electrons. The van der Waals surface area contributed by atoms with Gasteiger partial charge in [-0.05, 0) is 63.1 Å². The molecule has 2 N–H and O–H groups in total. The Morgan fingerprint density at radius 2 is 2.05 bits per heavy atom. The van der Waals surface area contributed by atoms with Gasteiger partial charge < -0.3 is 15.1 Å². The van der Waals surface area contributed by atoms with Gasteiger partial charge in [0.25, 0.3) is 0 Å². The molecule has 1 amide bonds. The molecule has 2 unspecified atom stereocenters. The van der Waals surface area contributed by atoms with Crippen molar-refractivity contribution in [1.82, 2.24) is 4.90 Å². The lowest BCUT2D eigenvalue weighted by Gasteiger charge is -2.30. The van der Waals surface area contributed by atoms with Crippen LogP contribution in [0, 0.1) is 5.41 Å². The van der Waals surface area contributed by atoms with Gasteiger partial charge in [-0.3, -0.25) is 4.79 Å². The van der Waals surface area contributed by atoms with Crippen LogP contribution in [0.15, 0.2) is 24.3 Å².